The molecule has 0 aromatic heterocycles. The van der Waals surface area contributed by atoms with Crippen LogP contribution >= 0.6 is 11.6 Å². The number of hydrogen-bond acceptors (Lipinski definition) is 3. The number of piperazine rings is 1. The van der Waals surface area contributed by atoms with Crippen molar-refractivity contribution in [1.29, 1.82) is 0 Å². The Morgan fingerprint density at radius 1 is 1.05 bits per heavy atom. The number of likely N-dealkylation sites (N-methyl/N-ethyl adjacent to an activating group) is 1. The average molecular weight is 280 g/mol. The van der Waals surface area contributed by atoms with Gasteiger partial charge >= 0.3 is 0 Å². The molecule has 1 heterocycles. The summed E-state index contributed by atoms with van der Waals surface area (Å²) >= 11 is 5.92. The van der Waals surface area contributed by atoms with E-state index in [4.69, 9.17) is 11.6 Å². The minimum atomic E-state index is 0.657. The first kappa shape index (κ1) is 13.4. The van der Waals surface area contributed by atoms with Crippen LogP contribution in [-0.4, -0.2) is 49.2 Å². The summed E-state index contributed by atoms with van der Waals surface area (Å²) < 4.78 is 0. The lowest BCUT2D eigenvalue weighted by Gasteiger charge is -2.42. The lowest BCUT2D eigenvalue weighted by Crippen LogP contribution is -2.56. The van der Waals surface area contributed by atoms with Gasteiger partial charge in [0, 0.05) is 37.2 Å². The van der Waals surface area contributed by atoms with E-state index in [-0.39, 0.29) is 0 Å². The average Bonchev–Trinajstić information content (AvgIpc) is 2.37. The van der Waals surface area contributed by atoms with Crippen LogP contribution in [0.1, 0.15) is 24.3 Å². The van der Waals surface area contributed by atoms with Crippen molar-refractivity contribution >= 4 is 11.6 Å². The van der Waals surface area contributed by atoms with Crippen LogP contribution < -0.4 is 5.43 Å². The molecular weight excluding hydrogens is 258 g/mol. The summed E-state index contributed by atoms with van der Waals surface area (Å²) in [4.78, 5) is 2.38. The lowest BCUT2D eigenvalue weighted by atomic mass is 9.76. The van der Waals surface area contributed by atoms with Crippen molar-refractivity contribution in [3.63, 3.8) is 0 Å². The van der Waals surface area contributed by atoms with Crippen molar-refractivity contribution in [3.8, 4) is 0 Å². The molecule has 0 spiro atoms. The maximum Gasteiger partial charge on any atom is 0.0406 e. The Hall–Kier alpha value is -0.610. The Morgan fingerprint density at radius 3 is 2.32 bits per heavy atom. The number of nitrogens with zero attached hydrogens (tertiary/aromatic N) is 2. The van der Waals surface area contributed by atoms with E-state index in [0.717, 1.165) is 18.1 Å². The zero-order valence-electron chi connectivity index (χ0n) is 11.5. The van der Waals surface area contributed by atoms with Crippen LogP contribution in [-0.2, 0) is 0 Å². The first-order valence-corrected chi connectivity index (χ1v) is 7.53. The van der Waals surface area contributed by atoms with Crippen LogP contribution in [0.15, 0.2) is 24.3 Å². The van der Waals surface area contributed by atoms with Gasteiger partial charge in [-0.15, -0.1) is 0 Å². The van der Waals surface area contributed by atoms with Gasteiger partial charge < -0.3 is 4.90 Å². The summed E-state index contributed by atoms with van der Waals surface area (Å²) in [5.74, 6) is 0.710. The fraction of sp³-hybridized carbons (Fsp3) is 0.600. The number of benzene rings is 1. The van der Waals surface area contributed by atoms with E-state index < -0.39 is 0 Å². The minimum Gasteiger partial charge on any atom is -0.304 e. The summed E-state index contributed by atoms with van der Waals surface area (Å²) in [6.07, 6.45) is 2.49. The smallest absolute Gasteiger partial charge is 0.0406 e. The minimum absolute atomic E-state index is 0.657. The molecule has 0 bridgehead atoms. The first-order chi connectivity index (χ1) is 9.20. The molecule has 1 saturated heterocycles. The van der Waals surface area contributed by atoms with Crippen LogP contribution in [0.25, 0.3) is 0 Å². The topological polar surface area (TPSA) is 18.5 Å². The summed E-state index contributed by atoms with van der Waals surface area (Å²) in [6.45, 7) is 4.61. The summed E-state index contributed by atoms with van der Waals surface area (Å²) in [7, 11) is 2.19. The molecule has 1 aliphatic heterocycles. The number of nitrogens with one attached hydrogen (secondary N) is 1. The lowest BCUT2D eigenvalue weighted by molar-refractivity contribution is 0.0628. The van der Waals surface area contributed by atoms with E-state index in [2.05, 4.69) is 34.5 Å². The number of hydrazine groups is 1. The van der Waals surface area contributed by atoms with E-state index in [1.807, 2.05) is 12.1 Å². The summed E-state index contributed by atoms with van der Waals surface area (Å²) in [6, 6.07) is 8.98. The monoisotopic (exact) mass is 279 g/mol. The highest BCUT2D eigenvalue weighted by Crippen LogP contribution is 2.37. The zero-order chi connectivity index (χ0) is 13.2. The predicted octanol–water partition coefficient (Wildman–Crippen LogP) is 2.34. The quantitative estimate of drug-likeness (QED) is 0.916. The highest BCUT2D eigenvalue weighted by Gasteiger charge is 2.31. The molecule has 0 atom stereocenters. The molecule has 1 N–H and O–H groups in total. The van der Waals surface area contributed by atoms with Crippen molar-refractivity contribution < 1.29 is 0 Å². The fourth-order valence-electron chi connectivity index (χ4n) is 2.92. The second-order valence-corrected chi connectivity index (χ2v) is 6.27. The van der Waals surface area contributed by atoms with Gasteiger partial charge in [0.05, 0.1) is 0 Å². The maximum atomic E-state index is 5.92. The van der Waals surface area contributed by atoms with Gasteiger partial charge in [-0.2, -0.15) is 0 Å². The van der Waals surface area contributed by atoms with Crippen LogP contribution in [0.3, 0.4) is 0 Å². The van der Waals surface area contributed by atoms with Crippen molar-refractivity contribution in [3.05, 3.63) is 34.9 Å². The highest BCUT2D eigenvalue weighted by atomic mass is 35.5. The second kappa shape index (κ2) is 5.80. The molecule has 3 rings (SSSR count). The van der Waals surface area contributed by atoms with Crippen molar-refractivity contribution in [2.24, 2.45) is 0 Å². The first-order valence-electron chi connectivity index (χ1n) is 7.16. The molecule has 1 aromatic carbocycles. The van der Waals surface area contributed by atoms with Gasteiger partial charge in [-0.1, -0.05) is 23.7 Å². The zero-order valence-corrected chi connectivity index (χ0v) is 12.2. The largest absolute Gasteiger partial charge is 0.304 e. The molecular formula is C15H22ClN3. The normalized spacial score (nSPS) is 29.2. The van der Waals surface area contributed by atoms with Crippen LogP contribution in [0, 0.1) is 0 Å². The van der Waals surface area contributed by atoms with Gasteiger partial charge in [0.25, 0.3) is 0 Å². The van der Waals surface area contributed by atoms with Crippen molar-refractivity contribution in [2.45, 2.75) is 24.8 Å². The molecule has 1 saturated carbocycles. The van der Waals surface area contributed by atoms with Crippen LogP contribution in [0.5, 0.6) is 0 Å². The van der Waals surface area contributed by atoms with E-state index in [9.17, 15) is 0 Å². The molecule has 0 radical (unpaired) electrons. The molecule has 3 nitrogen and oxygen atoms in total. The van der Waals surface area contributed by atoms with Gasteiger partial charge in [0.2, 0.25) is 0 Å². The number of hydrogen-bond donors (Lipinski definition) is 1. The van der Waals surface area contributed by atoms with E-state index in [1.54, 1.807) is 0 Å². The third-order valence-electron chi connectivity index (χ3n) is 4.35. The molecule has 0 amide bonds. The highest BCUT2D eigenvalue weighted by molar-refractivity contribution is 6.30. The molecule has 19 heavy (non-hydrogen) atoms. The fourth-order valence-corrected chi connectivity index (χ4v) is 3.05. The van der Waals surface area contributed by atoms with Crippen LogP contribution in [0.4, 0.5) is 0 Å². The van der Waals surface area contributed by atoms with Gasteiger partial charge in [-0.3, -0.25) is 5.43 Å². The molecule has 1 aliphatic carbocycles. The number of halogens is 1. The summed E-state index contributed by atoms with van der Waals surface area (Å²) in [5, 5.41) is 3.22. The molecule has 104 valence electrons. The molecule has 4 heteroatoms. The van der Waals surface area contributed by atoms with E-state index in [1.165, 1.54) is 31.5 Å². The van der Waals surface area contributed by atoms with E-state index in [0.29, 0.717) is 12.0 Å². The number of rotatable bonds is 3. The van der Waals surface area contributed by atoms with Gasteiger partial charge in [-0.25, -0.2) is 5.01 Å². The molecule has 2 aliphatic rings. The molecule has 0 unspecified atom stereocenters. The molecule has 1 aromatic rings. The Morgan fingerprint density at radius 2 is 1.68 bits per heavy atom. The SMILES string of the molecule is CN1CCN(NC2CC(c3ccc(Cl)cc3)C2)CC1. The van der Waals surface area contributed by atoms with Crippen molar-refractivity contribution in [2.75, 3.05) is 33.2 Å². The van der Waals surface area contributed by atoms with E-state index >= 15 is 0 Å². The second-order valence-electron chi connectivity index (χ2n) is 5.84. The third-order valence-corrected chi connectivity index (χ3v) is 4.60. The van der Waals surface area contributed by atoms with Gasteiger partial charge in [-0.05, 0) is 43.5 Å². The predicted molar refractivity (Wildman–Crippen MR) is 79.4 cm³/mol. The Balaban J connectivity index is 1.44. The third kappa shape index (κ3) is 3.29. The van der Waals surface area contributed by atoms with Crippen LogP contribution in [0.2, 0.25) is 5.02 Å². The van der Waals surface area contributed by atoms with Crippen molar-refractivity contribution in [1.82, 2.24) is 15.3 Å². The Bertz CT molecular complexity index is 406. The Labute approximate surface area is 120 Å². The summed E-state index contributed by atoms with van der Waals surface area (Å²) in [5.41, 5.74) is 5.10. The Kier molecular flexibility index (Phi) is 4.08. The van der Waals surface area contributed by atoms with Gasteiger partial charge in [0.15, 0.2) is 0 Å². The molecule has 2 fully saturated rings. The standard InChI is InChI=1S/C15H22ClN3/c1-18-6-8-19(9-7-18)17-15-10-13(11-15)12-2-4-14(16)5-3-12/h2-5,13,15,17H,6-11H2,1H3. The maximum absolute atomic E-state index is 5.92. The van der Waals surface area contributed by atoms with Gasteiger partial charge in [0.1, 0.15) is 0 Å².